The lowest BCUT2D eigenvalue weighted by Crippen LogP contribution is -2.55. The quantitative estimate of drug-likeness (QED) is 0.888. The van der Waals surface area contributed by atoms with Crippen LogP contribution in [0.15, 0.2) is 4.52 Å². The number of carbonyl (C=O) groups excluding carboxylic acids is 1. The Labute approximate surface area is 129 Å². The van der Waals surface area contributed by atoms with Gasteiger partial charge in [0.25, 0.3) is 0 Å². The smallest absolute Gasteiger partial charge is 0.234 e. The van der Waals surface area contributed by atoms with Gasteiger partial charge in [-0.15, -0.1) is 0 Å². The van der Waals surface area contributed by atoms with Gasteiger partial charge in [0.15, 0.2) is 0 Å². The van der Waals surface area contributed by atoms with E-state index in [1.807, 2.05) is 0 Å². The molecular formula is C14H19N3O4S. The number of carbonyl (C=O) groups is 1. The topological polar surface area (TPSA) is 92.5 Å². The summed E-state index contributed by atoms with van der Waals surface area (Å²) in [5.41, 5.74) is 1.94. The number of rotatable bonds is 4. The number of aromatic nitrogens is 1. The van der Waals surface area contributed by atoms with Crippen molar-refractivity contribution in [2.24, 2.45) is 5.92 Å². The van der Waals surface area contributed by atoms with E-state index in [-0.39, 0.29) is 30.2 Å². The highest BCUT2D eigenvalue weighted by Crippen LogP contribution is 2.35. The molecule has 0 atom stereocenters. The zero-order valence-electron chi connectivity index (χ0n) is 12.2. The molecule has 1 saturated carbocycles. The Hall–Kier alpha value is -1.41. The van der Waals surface area contributed by atoms with Crippen LogP contribution in [0.1, 0.15) is 36.9 Å². The molecule has 0 unspecified atom stereocenters. The highest BCUT2D eigenvalue weighted by molar-refractivity contribution is 7.90. The minimum absolute atomic E-state index is 0.174. The van der Waals surface area contributed by atoms with Crippen molar-refractivity contribution < 1.29 is 17.7 Å². The molecule has 0 bridgehead atoms. The van der Waals surface area contributed by atoms with Gasteiger partial charge in [-0.2, -0.15) is 4.31 Å². The van der Waals surface area contributed by atoms with E-state index in [1.165, 1.54) is 4.31 Å². The van der Waals surface area contributed by atoms with Crippen LogP contribution in [0.2, 0.25) is 0 Å². The van der Waals surface area contributed by atoms with Crippen molar-refractivity contribution in [2.45, 2.75) is 43.8 Å². The molecule has 120 valence electrons. The normalized spacial score (nSPS) is 22.9. The fourth-order valence-corrected chi connectivity index (χ4v) is 5.02. The predicted molar refractivity (Wildman–Crippen MR) is 78.8 cm³/mol. The molecular weight excluding hydrogens is 306 g/mol. The maximum Gasteiger partial charge on any atom is 0.234 e. The van der Waals surface area contributed by atoms with E-state index in [0.717, 1.165) is 49.8 Å². The van der Waals surface area contributed by atoms with Crippen molar-refractivity contribution >= 4 is 21.8 Å². The van der Waals surface area contributed by atoms with E-state index in [0.29, 0.717) is 5.88 Å². The van der Waals surface area contributed by atoms with Crippen molar-refractivity contribution in [1.29, 1.82) is 0 Å². The molecule has 1 aromatic heterocycles. The van der Waals surface area contributed by atoms with E-state index in [1.54, 1.807) is 0 Å². The van der Waals surface area contributed by atoms with Gasteiger partial charge in [-0.3, -0.25) is 10.1 Å². The van der Waals surface area contributed by atoms with E-state index in [2.05, 4.69) is 10.5 Å². The number of anilines is 1. The first-order chi connectivity index (χ1) is 10.6. The molecule has 0 aromatic carbocycles. The third kappa shape index (κ3) is 2.34. The van der Waals surface area contributed by atoms with Crippen molar-refractivity contribution in [3.05, 3.63) is 11.3 Å². The van der Waals surface area contributed by atoms with Crippen molar-refractivity contribution in [3.8, 4) is 0 Å². The first kappa shape index (κ1) is 14.2. The highest BCUT2D eigenvalue weighted by Gasteiger charge is 2.47. The highest BCUT2D eigenvalue weighted by atomic mass is 32.2. The lowest BCUT2D eigenvalue weighted by Gasteiger charge is -2.36. The number of nitrogens with zero attached hydrogens (tertiary/aromatic N) is 2. The number of nitrogens with one attached hydrogen (secondary N) is 1. The Morgan fingerprint density at radius 2 is 1.95 bits per heavy atom. The van der Waals surface area contributed by atoms with Crippen LogP contribution >= 0.6 is 0 Å². The molecule has 2 heterocycles. The van der Waals surface area contributed by atoms with Crippen LogP contribution in [0, 0.1) is 5.92 Å². The minimum Gasteiger partial charge on any atom is -0.338 e. The Balaban J connectivity index is 1.37. The van der Waals surface area contributed by atoms with Gasteiger partial charge in [0.1, 0.15) is 0 Å². The molecule has 4 rings (SSSR count). The second-order valence-electron chi connectivity index (χ2n) is 6.39. The lowest BCUT2D eigenvalue weighted by atomic mass is 9.97. The maximum absolute atomic E-state index is 12.2. The van der Waals surface area contributed by atoms with Gasteiger partial charge in [0, 0.05) is 18.7 Å². The summed E-state index contributed by atoms with van der Waals surface area (Å²) < 4.78 is 30.7. The maximum atomic E-state index is 12.2. The first-order valence-corrected chi connectivity index (χ1v) is 9.33. The molecule has 3 aliphatic rings. The molecule has 1 aliphatic heterocycles. The van der Waals surface area contributed by atoms with Gasteiger partial charge in [-0.1, -0.05) is 5.16 Å². The lowest BCUT2D eigenvalue weighted by molar-refractivity contribution is -0.123. The van der Waals surface area contributed by atoms with Gasteiger partial charge in [0.2, 0.25) is 21.8 Å². The van der Waals surface area contributed by atoms with Crippen LogP contribution in [0.25, 0.3) is 0 Å². The van der Waals surface area contributed by atoms with Crippen molar-refractivity contribution in [1.82, 2.24) is 9.46 Å². The van der Waals surface area contributed by atoms with Gasteiger partial charge >= 0.3 is 0 Å². The van der Waals surface area contributed by atoms with Gasteiger partial charge in [-0.05, 0) is 38.5 Å². The summed E-state index contributed by atoms with van der Waals surface area (Å²) in [7, 11) is -3.15. The second kappa shape index (κ2) is 5.06. The number of hydrogen-bond donors (Lipinski definition) is 1. The molecule has 8 heteroatoms. The van der Waals surface area contributed by atoms with Crippen LogP contribution in [0.3, 0.4) is 0 Å². The fourth-order valence-electron chi connectivity index (χ4n) is 3.09. The van der Waals surface area contributed by atoms with Crippen LogP contribution in [-0.4, -0.2) is 42.1 Å². The third-order valence-electron chi connectivity index (χ3n) is 4.72. The zero-order valence-corrected chi connectivity index (χ0v) is 13.1. The van der Waals surface area contributed by atoms with Gasteiger partial charge in [0.05, 0.1) is 16.9 Å². The number of fused-ring (bicyclic) bond motifs is 1. The molecule has 1 N–H and O–H groups in total. The Bertz CT molecular complexity index is 702. The SMILES string of the molecule is O=C(Nc1onc2c1CCCC2)C1CN(S(=O)(=O)C2CC2)C1. The van der Waals surface area contributed by atoms with E-state index < -0.39 is 10.0 Å². The zero-order chi connectivity index (χ0) is 15.3. The molecule has 0 spiro atoms. The molecule has 7 nitrogen and oxygen atoms in total. The molecule has 22 heavy (non-hydrogen) atoms. The summed E-state index contributed by atoms with van der Waals surface area (Å²) in [4.78, 5) is 12.2. The number of sulfonamides is 1. The monoisotopic (exact) mass is 325 g/mol. The first-order valence-electron chi connectivity index (χ1n) is 7.83. The largest absolute Gasteiger partial charge is 0.338 e. The summed E-state index contributed by atoms with van der Waals surface area (Å²) in [6.07, 6.45) is 5.45. The summed E-state index contributed by atoms with van der Waals surface area (Å²) >= 11 is 0. The van der Waals surface area contributed by atoms with Crippen molar-refractivity contribution in [2.75, 3.05) is 18.4 Å². The summed E-state index contributed by atoms with van der Waals surface area (Å²) in [6, 6.07) is 0. The molecule has 2 aliphatic carbocycles. The molecule has 1 saturated heterocycles. The molecule has 1 aromatic rings. The number of hydrogen-bond acceptors (Lipinski definition) is 5. The number of amides is 1. The summed E-state index contributed by atoms with van der Waals surface area (Å²) in [5, 5.41) is 6.57. The predicted octanol–water partition coefficient (Wildman–Crippen LogP) is 0.916. The Morgan fingerprint density at radius 1 is 1.23 bits per heavy atom. The summed E-state index contributed by atoms with van der Waals surface area (Å²) in [6.45, 7) is 0.558. The van der Waals surface area contributed by atoms with Crippen LogP contribution in [0.5, 0.6) is 0 Å². The minimum atomic E-state index is -3.15. The average Bonchev–Trinajstić information content (AvgIpc) is 3.22. The van der Waals surface area contributed by atoms with Crippen LogP contribution < -0.4 is 5.32 Å². The number of aryl methyl sites for hydroxylation is 1. The van der Waals surface area contributed by atoms with E-state index in [9.17, 15) is 13.2 Å². The molecule has 2 fully saturated rings. The van der Waals surface area contributed by atoms with E-state index >= 15 is 0 Å². The second-order valence-corrected chi connectivity index (χ2v) is 8.60. The van der Waals surface area contributed by atoms with Crippen LogP contribution in [0.4, 0.5) is 5.88 Å². The van der Waals surface area contributed by atoms with Crippen LogP contribution in [-0.2, 0) is 27.7 Å². The summed E-state index contributed by atoms with van der Waals surface area (Å²) in [5.74, 6) is -0.0205. The third-order valence-corrected chi connectivity index (χ3v) is 7.05. The van der Waals surface area contributed by atoms with Gasteiger partial charge in [-0.25, -0.2) is 8.42 Å². The van der Waals surface area contributed by atoms with Crippen molar-refractivity contribution in [3.63, 3.8) is 0 Å². The Morgan fingerprint density at radius 3 is 2.68 bits per heavy atom. The van der Waals surface area contributed by atoms with E-state index in [4.69, 9.17) is 4.52 Å². The molecule has 1 amide bonds. The fraction of sp³-hybridized carbons (Fsp3) is 0.714. The standard InChI is InChI=1S/C14H19N3O4S/c18-13(9-7-17(8-9)22(19,20)10-5-6-10)15-14-11-3-1-2-4-12(11)16-21-14/h9-10H,1-8H2,(H,15,18). The Kier molecular flexibility index (Phi) is 3.26. The molecule has 0 radical (unpaired) electrons. The average molecular weight is 325 g/mol. The van der Waals surface area contributed by atoms with Gasteiger partial charge < -0.3 is 4.52 Å².